The smallest absolute Gasteiger partial charge is 0.322 e. The van der Waals surface area contributed by atoms with Crippen LogP contribution in [0.25, 0.3) is 0 Å². The van der Waals surface area contributed by atoms with Crippen LogP contribution in [0, 0.1) is 0 Å². The molecular weight excluding hydrogens is 338 g/mol. The number of fused-ring (bicyclic) bond motifs is 1. The largest absolute Gasteiger partial charge is 0.497 e. The van der Waals surface area contributed by atoms with Crippen LogP contribution in [0.1, 0.15) is 17.3 Å². The van der Waals surface area contributed by atoms with Crippen LogP contribution in [0.5, 0.6) is 5.75 Å². The highest BCUT2D eigenvalue weighted by Gasteiger charge is 2.31. The number of carbonyl (C=O) groups excluding carboxylic acids is 1. The summed E-state index contributed by atoms with van der Waals surface area (Å²) in [7, 11) is 1.63. The fraction of sp³-hybridized carbons (Fsp3) is 0.227. The Morgan fingerprint density at radius 3 is 2.56 bits per heavy atom. The number of hydrogen-bond acceptors (Lipinski definition) is 2. The van der Waals surface area contributed by atoms with Gasteiger partial charge < -0.3 is 19.5 Å². The fourth-order valence-electron chi connectivity index (χ4n) is 3.63. The van der Waals surface area contributed by atoms with E-state index in [4.69, 9.17) is 4.74 Å². The minimum atomic E-state index is -0.0754. The number of anilines is 1. The fourth-order valence-corrected chi connectivity index (χ4v) is 3.63. The zero-order valence-corrected chi connectivity index (χ0v) is 15.3. The second kappa shape index (κ2) is 7.58. The number of nitrogens with one attached hydrogen (secondary N) is 1. The predicted octanol–water partition coefficient (Wildman–Crippen LogP) is 4.33. The van der Waals surface area contributed by atoms with Gasteiger partial charge in [-0.2, -0.15) is 0 Å². The van der Waals surface area contributed by atoms with Crippen molar-refractivity contribution >= 4 is 11.7 Å². The van der Waals surface area contributed by atoms with Gasteiger partial charge in [-0.1, -0.05) is 30.3 Å². The number of amides is 2. The maximum Gasteiger partial charge on any atom is 0.322 e. The van der Waals surface area contributed by atoms with Gasteiger partial charge in [-0.25, -0.2) is 4.79 Å². The maximum absolute atomic E-state index is 13.0. The van der Waals surface area contributed by atoms with E-state index in [1.165, 1.54) is 11.3 Å². The van der Waals surface area contributed by atoms with Crippen LogP contribution >= 0.6 is 0 Å². The molecule has 0 fully saturated rings. The first-order valence-electron chi connectivity index (χ1n) is 9.15. The second-order valence-corrected chi connectivity index (χ2v) is 6.68. The molecular formula is C22H23N3O2. The Morgan fingerprint density at radius 2 is 1.81 bits per heavy atom. The van der Waals surface area contributed by atoms with E-state index in [1.807, 2.05) is 47.4 Å². The SMILES string of the molecule is COc1ccc(NC(=O)N2CCn3cccc3[C@@H]2Cc2ccccc2)cc1. The highest BCUT2D eigenvalue weighted by atomic mass is 16.5. The van der Waals surface area contributed by atoms with Crippen LogP contribution in [-0.4, -0.2) is 29.2 Å². The molecule has 4 rings (SSSR count). The van der Waals surface area contributed by atoms with Crippen molar-refractivity contribution in [1.82, 2.24) is 9.47 Å². The first kappa shape index (κ1) is 17.2. The predicted molar refractivity (Wildman–Crippen MR) is 106 cm³/mol. The van der Waals surface area contributed by atoms with E-state index in [-0.39, 0.29) is 12.1 Å². The van der Waals surface area contributed by atoms with Crippen LogP contribution in [0.3, 0.4) is 0 Å². The lowest BCUT2D eigenvalue weighted by Crippen LogP contribution is -2.44. The van der Waals surface area contributed by atoms with Gasteiger partial charge in [0, 0.05) is 30.7 Å². The number of urea groups is 1. The Bertz CT molecular complexity index is 903. The Kier molecular flexibility index (Phi) is 4.83. The molecule has 2 heterocycles. The third-order valence-electron chi connectivity index (χ3n) is 5.04. The van der Waals surface area contributed by atoms with E-state index in [9.17, 15) is 4.79 Å². The molecule has 2 aromatic carbocycles. The van der Waals surface area contributed by atoms with Crippen molar-refractivity contribution < 1.29 is 9.53 Å². The van der Waals surface area contributed by atoms with Gasteiger partial charge in [0.2, 0.25) is 0 Å². The molecule has 0 spiro atoms. The molecule has 5 nitrogen and oxygen atoms in total. The quantitative estimate of drug-likeness (QED) is 0.752. The minimum absolute atomic E-state index is 0.00870. The van der Waals surface area contributed by atoms with Crippen LogP contribution in [0.4, 0.5) is 10.5 Å². The van der Waals surface area contributed by atoms with Gasteiger partial charge in [0.05, 0.1) is 13.2 Å². The van der Waals surface area contributed by atoms with Crippen LogP contribution in [-0.2, 0) is 13.0 Å². The van der Waals surface area contributed by atoms with Gasteiger partial charge >= 0.3 is 6.03 Å². The molecule has 3 aromatic rings. The summed E-state index contributed by atoms with van der Waals surface area (Å²) in [6, 6.07) is 21.8. The molecule has 0 radical (unpaired) electrons. The molecule has 0 aliphatic carbocycles. The topological polar surface area (TPSA) is 46.5 Å². The van der Waals surface area contributed by atoms with Crippen molar-refractivity contribution in [2.75, 3.05) is 19.0 Å². The highest BCUT2D eigenvalue weighted by molar-refractivity contribution is 5.89. The molecule has 138 valence electrons. The zero-order chi connectivity index (χ0) is 18.6. The van der Waals surface area contributed by atoms with Gasteiger partial charge in [-0.05, 0) is 48.4 Å². The Labute approximate surface area is 159 Å². The number of hydrogen-bond donors (Lipinski definition) is 1. The molecule has 2 amide bonds. The monoisotopic (exact) mass is 361 g/mol. The molecule has 5 heteroatoms. The van der Waals surface area contributed by atoms with E-state index in [2.05, 4.69) is 40.3 Å². The third-order valence-corrected chi connectivity index (χ3v) is 5.04. The standard InChI is InChI=1S/C22H23N3O2/c1-27-19-11-9-18(10-12-19)23-22(26)25-15-14-24-13-5-8-20(24)21(25)16-17-6-3-2-4-7-17/h2-13,21H,14-16H2,1H3,(H,23,26)/t21-/m0/s1. The summed E-state index contributed by atoms with van der Waals surface area (Å²) in [4.78, 5) is 15.0. The highest BCUT2D eigenvalue weighted by Crippen LogP contribution is 2.30. The number of benzene rings is 2. The molecule has 1 aromatic heterocycles. The number of aromatic nitrogens is 1. The number of nitrogens with zero attached hydrogens (tertiary/aromatic N) is 2. The molecule has 1 atom stereocenters. The van der Waals surface area contributed by atoms with Gasteiger partial charge in [-0.15, -0.1) is 0 Å². The summed E-state index contributed by atoms with van der Waals surface area (Å²) in [5, 5.41) is 3.02. The van der Waals surface area contributed by atoms with Gasteiger partial charge in [0.25, 0.3) is 0 Å². The van der Waals surface area contributed by atoms with E-state index in [1.54, 1.807) is 7.11 Å². The maximum atomic E-state index is 13.0. The molecule has 1 N–H and O–H groups in total. The van der Waals surface area contributed by atoms with Crippen molar-refractivity contribution in [2.45, 2.75) is 19.0 Å². The first-order chi connectivity index (χ1) is 13.2. The summed E-state index contributed by atoms with van der Waals surface area (Å²) >= 11 is 0. The molecule has 0 saturated carbocycles. The van der Waals surface area contributed by atoms with E-state index >= 15 is 0 Å². The van der Waals surface area contributed by atoms with Crippen LogP contribution < -0.4 is 10.1 Å². The second-order valence-electron chi connectivity index (χ2n) is 6.68. The molecule has 0 saturated heterocycles. The third kappa shape index (κ3) is 3.67. The van der Waals surface area contributed by atoms with Crippen molar-refractivity contribution in [2.24, 2.45) is 0 Å². The molecule has 1 aliphatic heterocycles. The van der Waals surface area contributed by atoms with Crippen molar-refractivity contribution in [3.8, 4) is 5.75 Å². The number of ether oxygens (including phenoxy) is 1. The number of rotatable bonds is 4. The normalized spacial score (nSPS) is 15.9. The Morgan fingerprint density at radius 1 is 1.04 bits per heavy atom. The Balaban J connectivity index is 1.56. The summed E-state index contributed by atoms with van der Waals surface area (Å²) in [6.07, 6.45) is 2.88. The van der Waals surface area contributed by atoms with Gasteiger partial charge in [0.15, 0.2) is 0 Å². The summed E-state index contributed by atoms with van der Waals surface area (Å²) in [6.45, 7) is 1.49. The first-order valence-corrected chi connectivity index (χ1v) is 9.15. The number of methoxy groups -OCH3 is 1. The van der Waals surface area contributed by atoms with Crippen molar-refractivity contribution in [1.29, 1.82) is 0 Å². The minimum Gasteiger partial charge on any atom is -0.497 e. The van der Waals surface area contributed by atoms with Crippen LogP contribution in [0.2, 0.25) is 0 Å². The van der Waals surface area contributed by atoms with Crippen molar-refractivity contribution in [3.05, 3.63) is 84.2 Å². The van der Waals surface area contributed by atoms with Gasteiger partial charge in [-0.3, -0.25) is 0 Å². The van der Waals surface area contributed by atoms with Crippen LogP contribution in [0.15, 0.2) is 72.9 Å². The van der Waals surface area contributed by atoms with Crippen molar-refractivity contribution in [3.63, 3.8) is 0 Å². The molecule has 1 aliphatic rings. The average molecular weight is 361 g/mol. The molecule has 0 bridgehead atoms. The summed E-state index contributed by atoms with van der Waals surface area (Å²) in [5.41, 5.74) is 3.16. The van der Waals surface area contributed by atoms with E-state index in [0.29, 0.717) is 6.54 Å². The summed E-state index contributed by atoms with van der Waals surface area (Å²) < 4.78 is 7.42. The van der Waals surface area contributed by atoms with E-state index in [0.717, 1.165) is 24.4 Å². The molecule has 27 heavy (non-hydrogen) atoms. The van der Waals surface area contributed by atoms with Gasteiger partial charge in [0.1, 0.15) is 5.75 Å². The lowest BCUT2D eigenvalue weighted by molar-refractivity contribution is 0.167. The number of carbonyl (C=O) groups is 1. The zero-order valence-electron chi connectivity index (χ0n) is 15.3. The Hall–Kier alpha value is -3.21. The van der Waals surface area contributed by atoms with E-state index < -0.39 is 0 Å². The lowest BCUT2D eigenvalue weighted by Gasteiger charge is -2.37. The summed E-state index contributed by atoms with van der Waals surface area (Å²) in [5.74, 6) is 0.769. The average Bonchev–Trinajstić information content (AvgIpc) is 3.19. The lowest BCUT2D eigenvalue weighted by atomic mass is 10.0. The molecule has 0 unspecified atom stereocenters.